The molecular weight excluding hydrogens is 262 g/mol. The van der Waals surface area contributed by atoms with Gasteiger partial charge in [-0.3, -0.25) is 9.88 Å². The van der Waals surface area contributed by atoms with E-state index in [2.05, 4.69) is 49.2 Å². The summed E-state index contributed by atoms with van der Waals surface area (Å²) in [5.74, 6) is 0. The quantitative estimate of drug-likeness (QED) is 0.681. The molecule has 0 aliphatic heterocycles. The van der Waals surface area contributed by atoms with E-state index in [1.54, 1.807) is 7.11 Å². The molecule has 0 unspecified atom stereocenters. The van der Waals surface area contributed by atoms with Crippen molar-refractivity contribution in [3.05, 3.63) is 29.6 Å². The first-order chi connectivity index (χ1) is 10.2. The lowest BCUT2D eigenvalue weighted by atomic mass is 10.1. The zero-order chi connectivity index (χ0) is 15.5. The molecule has 0 aliphatic rings. The van der Waals surface area contributed by atoms with Crippen molar-refractivity contribution in [1.29, 1.82) is 0 Å². The molecule has 0 bridgehead atoms. The summed E-state index contributed by atoms with van der Waals surface area (Å²) in [4.78, 5) is 7.25. The molecule has 0 amide bonds. The maximum atomic E-state index is 5.25. The van der Waals surface area contributed by atoms with Crippen LogP contribution in [0.25, 0.3) is 0 Å². The Balaban J connectivity index is 2.72. The van der Waals surface area contributed by atoms with Crippen LogP contribution >= 0.6 is 0 Å². The van der Waals surface area contributed by atoms with Crippen LogP contribution in [-0.2, 0) is 17.8 Å². The Kier molecular flexibility index (Phi) is 9.22. The van der Waals surface area contributed by atoms with Crippen LogP contribution in [0, 0.1) is 0 Å². The van der Waals surface area contributed by atoms with Gasteiger partial charge in [0, 0.05) is 32.8 Å². The van der Waals surface area contributed by atoms with Crippen LogP contribution in [0.3, 0.4) is 0 Å². The Bertz CT molecular complexity index is 380. The van der Waals surface area contributed by atoms with Crippen LogP contribution in [0.1, 0.15) is 45.0 Å². The molecule has 120 valence electrons. The summed E-state index contributed by atoms with van der Waals surface area (Å²) in [6.07, 6.45) is 2.33. The molecule has 4 nitrogen and oxygen atoms in total. The van der Waals surface area contributed by atoms with Crippen LogP contribution in [0.15, 0.2) is 18.2 Å². The van der Waals surface area contributed by atoms with Gasteiger partial charge in [-0.2, -0.15) is 0 Å². The van der Waals surface area contributed by atoms with Gasteiger partial charge in [0.25, 0.3) is 0 Å². The van der Waals surface area contributed by atoms with E-state index >= 15 is 0 Å². The number of pyridine rings is 1. The first kappa shape index (κ1) is 18.1. The van der Waals surface area contributed by atoms with E-state index in [1.807, 2.05) is 0 Å². The van der Waals surface area contributed by atoms with Gasteiger partial charge < -0.3 is 10.1 Å². The van der Waals surface area contributed by atoms with Crippen molar-refractivity contribution >= 4 is 0 Å². The normalized spacial score (nSPS) is 11.5. The predicted molar refractivity (Wildman–Crippen MR) is 88.3 cm³/mol. The van der Waals surface area contributed by atoms with E-state index in [0.29, 0.717) is 6.04 Å². The van der Waals surface area contributed by atoms with Gasteiger partial charge in [0.15, 0.2) is 0 Å². The van der Waals surface area contributed by atoms with Gasteiger partial charge in [-0.25, -0.2) is 0 Å². The molecule has 0 aliphatic carbocycles. The summed E-state index contributed by atoms with van der Waals surface area (Å²) >= 11 is 0. The fourth-order valence-electron chi connectivity index (χ4n) is 2.58. The molecule has 1 rings (SSSR count). The number of rotatable bonds is 11. The second kappa shape index (κ2) is 10.7. The van der Waals surface area contributed by atoms with Gasteiger partial charge >= 0.3 is 0 Å². The van der Waals surface area contributed by atoms with Gasteiger partial charge in [0.2, 0.25) is 0 Å². The zero-order valence-electron chi connectivity index (χ0n) is 14.1. The largest absolute Gasteiger partial charge is 0.383 e. The average molecular weight is 293 g/mol. The highest BCUT2D eigenvalue weighted by Gasteiger charge is 2.15. The third kappa shape index (κ3) is 6.55. The van der Waals surface area contributed by atoms with Gasteiger partial charge in [-0.1, -0.05) is 26.8 Å². The van der Waals surface area contributed by atoms with Crippen LogP contribution in [0.2, 0.25) is 0 Å². The Labute approximate surface area is 129 Å². The molecule has 1 aromatic heterocycles. The van der Waals surface area contributed by atoms with Crippen molar-refractivity contribution in [2.24, 2.45) is 0 Å². The monoisotopic (exact) mass is 293 g/mol. The Morgan fingerprint density at radius 2 is 1.90 bits per heavy atom. The first-order valence-corrected chi connectivity index (χ1v) is 8.13. The van der Waals surface area contributed by atoms with Crippen molar-refractivity contribution in [3.63, 3.8) is 0 Å². The highest BCUT2D eigenvalue weighted by atomic mass is 16.5. The molecule has 0 spiro atoms. The summed E-state index contributed by atoms with van der Waals surface area (Å²) in [7, 11) is 1.76. The molecule has 0 aromatic carbocycles. The SMILES string of the molecule is CCNCc1cccc(CN(CCOC)C(CC)CC)n1. The van der Waals surface area contributed by atoms with Crippen LogP contribution in [-0.4, -0.2) is 42.7 Å². The zero-order valence-corrected chi connectivity index (χ0v) is 14.1. The minimum Gasteiger partial charge on any atom is -0.383 e. The molecule has 21 heavy (non-hydrogen) atoms. The topological polar surface area (TPSA) is 37.4 Å². The minimum absolute atomic E-state index is 0.597. The fraction of sp³-hybridized carbons (Fsp3) is 0.706. The van der Waals surface area contributed by atoms with Crippen LogP contribution in [0.4, 0.5) is 0 Å². The number of ether oxygens (including phenoxy) is 1. The van der Waals surface area contributed by atoms with Gasteiger partial charge in [-0.15, -0.1) is 0 Å². The lowest BCUT2D eigenvalue weighted by Crippen LogP contribution is -2.36. The fourth-order valence-corrected chi connectivity index (χ4v) is 2.58. The number of hydrogen-bond acceptors (Lipinski definition) is 4. The number of aromatic nitrogens is 1. The van der Waals surface area contributed by atoms with Gasteiger partial charge in [0.05, 0.1) is 18.0 Å². The smallest absolute Gasteiger partial charge is 0.0589 e. The summed E-state index contributed by atoms with van der Waals surface area (Å²) in [6.45, 7) is 11.1. The van der Waals surface area contributed by atoms with Crippen LogP contribution < -0.4 is 5.32 Å². The maximum absolute atomic E-state index is 5.25. The van der Waals surface area contributed by atoms with Crippen molar-refractivity contribution in [3.8, 4) is 0 Å². The molecule has 0 saturated heterocycles. The third-order valence-electron chi connectivity index (χ3n) is 3.83. The Morgan fingerprint density at radius 1 is 1.19 bits per heavy atom. The number of hydrogen-bond donors (Lipinski definition) is 1. The second-order valence-electron chi connectivity index (χ2n) is 5.33. The van der Waals surface area contributed by atoms with Gasteiger partial charge in [-0.05, 0) is 31.5 Å². The van der Waals surface area contributed by atoms with Crippen molar-refractivity contribution < 1.29 is 4.74 Å². The predicted octanol–water partition coefficient (Wildman–Crippen LogP) is 2.83. The molecule has 1 N–H and O–H groups in total. The summed E-state index contributed by atoms with van der Waals surface area (Å²) < 4.78 is 5.25. The summed E-state index contributed by atoms with van der Waals surface area (Å²) in [5.41, 5.74) is 2.26. The molecule has 4 heteroatoms. The lowest BCUT2D eigenvalue weighted by Gasteiger charge is -2.30. The molecule has 0 radical (unpaired) electrons. The van der Waals surface area contributed by atoms with Crippen LogP contribution in [0.5, 0.6) is 0 Å². The molecular formula is C17H31N3O. The molecule has 0 fully saturated rings. The maximum Gasteiger partial charge on any atom is 0.0589 e. The lowest BCUT2D eigenvalue weighted by molar-refractivity contribution is 0.109. The number of nitrogens with one attached hydrogen (secondary N) is 1. The highest BCUT2D eigenvalue weighted by Crippen LogP contribution is 2.12. The second-order valence-corrected chi connectivity index (χ2v) is 5.33. The van der Waals surface area contributed by atoms with E-state index in [4.69, 9.17) is 9.72 Å². The molecule has 1 heterocycles. The summed E-state index contributed by atoms with van der Waals surface area (Å²) in [5, 5.41) is 3.33. The Morgan fingerprint density at radius 3 is 2.52 bits per heavy atom. The van der Waals surface area contributed by atoms with E-state index in [-0.39, 0.29) is 0 Å². The van der Waals surface area contributed by atoms with E-state index in [0.717, 1.165) is 57.0 Å². The van der Waals surface area contributed by atoms with E-state index in [1.165, 1.54) is 0 Å². The Hall–Kier alpha value is -0.970. The van der Waals surface area contributed by atoms with Crippen molar-refractivity contribution in [1.82, 2.24) is 15.2 Å². The summed E-state index contributed by atoms with van der Waals surface area (Å²) in [6, 6.07) is 6.91. The van der Waals surface area contributed by atoms with Crippen molar-refractivity contribution in [2.45, 2.75) is 52.7 Å². The standard InChI is InChI=1S/C17H31N3O/c1-5-17(6-2)20(11-12-21-4)14-16-10-8-9-15(19-16)13-18-7-3/h8-10,17-18H,5-7,11-14H2,1-4H3. The third-order valence-corrected chi connectivity index (χ3v) is 3.83. The molecule has 0 saturated carbocycles. The average Bonchev–Trinajstić information content (AvgIpc) is 2.52. The van der Waals surface area contributed by atoms with Crippen molar-refractivity contribution in [2.75, 3.05) is 26.8 Å². The van der Waals surface area contributed by atoms with E-state index < -0.39 is 0 Å². The number of nitrogens with zero attached hydrogens (tertiary/aromatic N) is 2. The van der Waals surface area contributed by atoms with Gasteiger partial charge in [0.1, 0.15) is 0 Å². The highest BCUT2D eigenvalue weighted by molar-refractivity contribution is 5.11. The van der Waals surface area contributed by atoms with E-state index in [9.17, 15) is 0 Å². The minimum atomic E-state index is 0.597. The first-order valence-electron chi connectivity index (χ1n) is 8.13. The molecule has 1 aromatic rings. The number of methoxy groups -OCH3 is 1. The molecule has 0 atom stereocenters.